The average Bonchev–Trinajstić information content (AvgIpc) is 3.38. The van der Waals surface area contributed by atoms with Crippen LogP contribution >= 0.6 is 0 Å². The zero-order valence-corrected chi connectivity index (χ0v) is 15.2. The zero-order valence-electron chi connectivity index (χ0n) is 15.2. The first-order valence-electron chi connectivity index (χ1n) is 9.37. The Balaban J connectivity index is 0.000000260. The van der Waals surface area contributed by atoms with Gasteiger partial charge in [0.15, 0.2) is 0 Å². The standard InChI is InChI=1S/C16H24N4.C2HF3O2/c1-5-16(20(10-1)13-14-3-4-14)6-11-19(12-7-16)15-17-8-2-9-18-15;3-2(4,5)1(6)7/h2,8-9,14H,1,3-7,10-13H2;(H,6,7). The lowest BCUT2D eigenvalue weighted by atomic mass is 9.85. The number of piperidine rings is 1. The van der Waals surface area contributed by atoms with Crippen LogP contribution in [0.1, 0.15) is 38.5 Å². The van der Waals surface area contributed by atoms with Gasteiger partial charge in [0.2, 0.25) is 5.95 Å². The second-order valence-corrected chi connectivity index (χ2v) is 7.56. The fourth-order valence-electron chi connectivity index (χ4n) is 4.03. The lowest BCUT2D eigenvalue weighted by Crippen LogP contribution is -2.53. The Morgan fingerprint density at radius 1 is 1.15 bits per heavy atom. The number of aliphatic carboxylic acids is 1. The van der Waals surface area contributed by atoms with Crippen molar-refractivity contribution in [2.75, 3.05) is 31.1 Å². The van der Waals surface area contributed by atoms with Crippen molar-refractivity contribution in [2.45, 2.75) is 50.2 Å². The summed E-state index contributed by atoms with van der Waals surface area (Å²) in [4.78, 5) is 22.9. The summed E-state index contributed by atoms with van der Waals surface area (Å²) in [5, 5.41) is 7.12. The first-order chi connectivity index (χ1) is 12.8. The third kappa shape index (κ3) is 5.09. The molecule has 6 nitrogen and oxygen atoms in total. The number of anilines is 1. The Morgan fingerprint density at radius 3 is 2.26 bits per heavy atom. The molecule has 9 heteroatoms. The quantitative estimate of drug-likeness (QED) is 0.861. The molecule has 0 aromatic carbocycles. The largest absolute Gasteiger partial charge is 0.490 e. The van der Waals surface area contributed by atoms with E-state index in [4.69, 9.17) is 9.90 Å². The summed E-state index contributed by atoms with van der Waals surface area (Å²) in [6.45, 7) is 4.93. The summed E-state index contributed by atoms with van der Waals surface area (Å²) in [5.41, 5.74) is 0.508. The van der Waals surface area contributed by atoms with E-state index in [1.54, 1.807) is 0 Å². The van der Waals surface area contributed by atoms with Crippen LogP contribution in [0.25, 0.3) is 0 Å². The minimum absolute atomic E-state index is 0.508. The summed E-state index contributed by atoms with van der Waals surface area (Å²) in [7, 11) is 0. The van der Waals surface area contributed by atoms with Gasteiger partial charge in [-0.15, -0.1) is 0 Å². The van der Waals surface area contributed by atoms with E-state index in [0.717, 1.165) is 25.0 Å². The molecule has 1 N–H and O–H groups in total. The molecule has 2 aliphatic heterocycles. The molecule has 3 aliphatic rings. The van der Waals surface area contributed by atoms with E-state index in [2.05, 4.69) is 19.8 Å². The molecule has 0 radical (unpaired) electrons. The van der Waals surface area contributed by atoms with Gasteiger partial charge in [-0.05, 0) is 57.1 Å². The van der Waals surface area contributed by atoms with Crippen LogP contribution in [-0.2, 0) is 4.79 Å². The highest BCUT2D eigenvalue weighted by atomic mass is 19.4. The fraction of sp³-hybridized carbons (Fsp3) is 0.722. The fourth-order valence-corrected chi connectivity index (χ4v) is 4.03. The maximum atomic E-state index is 10.6. The smallest absolute Gasteiger partial charge is 0.475 e. The van der Waals surface area contributed by atoms with Gasteiger partial charge >= 0.3 is 12.1 Å². The van der Waals surface area contributed by atoms with Crippen LogP contribution in [0.2, 0.25) is 0 Å². The molecule has 0 bridgehead atoms. The van der Waals surface area contributed by atoms with Crippen molar-refractivity contribution in [3.8, 4) is 0 Å². The molecule has 27 heavy (non-hydrogen) atoms. The van der Waals surface area contributed by atoms with Crippen molar-refractivity contribution in [1.29, 1.82) is 0 Å². The van der Waals surface area contributed by atoms with Gasteiger partial charge in [-0.2, -0.15) is 13.2 Å². The highest BCUT2D eigenvalue weighted by molar-refractivity contribution is 5.73. The van der Waals surface area contributed by atoms with Gasteiger partial charge < -0.3 is 10.0 Å². The Morgan fingerprint density at radius 2 is 1.74 bits per heavy atom. The molecule has 0 unspecified atom stereocenters. The van der Waals surface area contributed by atoms with Gasteiger partial charge in [-0.25, -0.2) is 14.8 Å². The third-order valence-corrected chi connectivity index (χ3v) is 5.69. The van der Waals surface area contributed by atoms with Crippen LogP contribution < -0.4 is 4.90 Å². The number of hydrogen-bond acceptors (Lipinski definition) is 5. The van der Waals surface area contributed by atoms with Gasteiger partial charge in [0.1, 0.15) is 0 Å². The number of carboxylic acids is 1. The molecule has 1 spiro atoms. The van der Waals surface area contributed by atoms with E-state index in [9.17, 15) is 13.2 Å². The summed E-state index contributed by atoms with van der Waals surface area (Å²) >= 11 is 0. The van der Waals surface area contributed by atoms with Gasteiger partial charge in [-0.1, -0.05) is 0 Å². The van der Waals surface area contributed by atoms with Crippen LogP contribution in [0, 0.1) is 5.92 Å². The molecule has 1 aromatic rings. The lowest BCUT2D eigenvalue weighted by Gasteiger charge is -2.45. The zero-order chi connectivity index (χ0) is 19.5. The van der Waals surface area contributed by atoms with E-state index in [1.807, 2.05) is 18.5 Å². The van der Waals surface area contributed by atoms with Crippen molar-refractivity contribution in [3.63, 3.8) is 0 Å². The molecule has 4 rings (SSSR count). The van der Waals surface area contributed by atoms with Gasteiger partial charge in [0.05, 0.1) is 0 Å². The molecule has 150 valence electrons. The first kappa shape index (κ1) is 19.9. The van der Waals surface area contributed by atoms with E-state index in [1.165, 1.54) is 51.6 Å². The van der Waals surface area contributed by atoms with Crippen molar-refractivity contribution in [2.24, 2.45) is 5.92 Å². The van der Waals surface area contributed by atoms with Crippen LogP contribution in [0.3, 0.4) is 0 Å². The Hall–Kier alpha value is -1.90. The Labute approximate surface area is 156 Å². The summed E-state index contributed by atoms with van der Waals surface area (Å²) in [5.74, 6) is -0.831. The van der Waals surface area contributed by atoms with E-state index < -0.39 is 12.1 Å². The third-order valence-electron chi connectivity index (χ3n) is 5.69. The molecule has 0 amide bonds. The number of nitrogens with zero attached hydrogens (tertiary/aromatic N) is 4. The number of alkyl halides is 3. The van der Waals surface area contributed by atoms with Crippen LogP contribution in [0.15, 0.2) is 18.5 Å². The van der Waals surface area contributed by atoms with Gasteiger partial charge in [0.25, 0.3) is 0 Å². The molecule has 2 saturated heterocycles. The normalized spacial score (nSPS) is 22.4. The van der Waals surface area contributed by atoms with Gasteiger partial charge in [0, 0.05) is 37.6 Å². The van der Waals surface area contributed by atoms with E-state index >= 15 is 0 Å². The summed E-state index contributed by atoms with van der Waals surface area (Å²) in [6.07, 6.45) is 6.93. The predicted molar refractivity (Wildman–Crippen MR) is 93.4 cm³/mol. The molecule has 1 saturated carbocycles. The minimum atomic E-state index is -5.08. The highest BCUT2D eigenvalue weighted by Gasteiger charge is 2.44. The topological polar surface area (TPSA) is 69.6 Å². The van der Waals surface area contributed by atoms with Crippen molar-refractivity contribution >= 4 is 11.9 Å². The number of hydrogen-bond donors (Lipinski definition) is 1. The number of halogens is 3. The molecular weight excluding hydrogens is 361 g/mol. The SMILES string of the molecule is O=C(O)C(F)(F)F.c1cnc(N2CCC3(CCCN3CC3CC3)CC2)nc1. The van der Waals surface area contributed by atoms with E-state index in [0.29, 0.717) is 5.54 Å². The molecule has 1 aromatic heterocycles. The van der Waals surface area contributed by atoms with E-state index in [-0.39, 0.29) is 0 Å². The molecule has 1 aliphatic carbocycles. The summed E-state index contributed by atoms with van der Waals surface area (Å²) in [6, 6.07) is 1.89. The maximum absolute atomic E-state index is 10.6. The summed E-state index contributed by atoms with van der Waals surface area (Å²) < 4.78 is 31.7. The molecule has 3 heterocycles. The first-order valence-corrected chi connectivity index (χ1v) is 9.37. The number of carboxylic acid groups (broad SMARTS) is 1. The number of likely N-dealkylation sites (tertiary alicyclic amines) is 1. The number of aromatic nitrogens is 2. The van der Waals surface area contributed by atoms with Crippen molar-refractivity contribution < 1.29 is 23.1 Å². The second kappa shape index (κ2) is 8.00. The highest BCUT2D eigenvalue weighted by Crippen LogP contribution is 2.42. The lowest BCUT2D eigenvalue weighted by molar-refractivity contribution is -0.192. The van der Waals surface area contributed by atoms with Crippen molar-refractivity contribution in [3.05, 3.63) is 18.5 Å². The number of rotatable bonds is 3. The van der Waals surface area contributed by atoms with Gasteiger partial charge in [-0.3, -0.25) is 4.90 Å². The Kier molecular flexibility index (Phi) is 5.88. The average molecular weight is 386 g/mol. The monoisotopic (exact) mass is 386 g/mol. The maximum Gasteiger partial charge on any atom is 0.490 e. The Bertz CT molecular complexity index is 629. The minimum Gasteiger partial charge on any atom is -0.475 e. The van der Waals surface area contributed by atoms with Crippen LogP contribution in [-0.4, -0.2) is 63.8 Å². The molecule has 3 fully saturated rings. The predicted octanol–water partition coefficient (Wildman–Crippen LogP) is 2.95. The molecule has 0 atom stereocenters. The number of carbonyl (C=O) groups is 1. The second-order valence-electron chi connectivity index (χ2n) is 7.56. The van der Waals surface area contributed by atoms with Crippen LogP contribution in [0.5, 0.6) is 0 Å². The molecular formula is C18H25F3N4O2. The van der Waals surface area contributed by atoms with Crippen molar-refractivity contribution in [1.82, 2.24) is 14.9 Å². The van der Waals surface area contributed by atoms with Crippen LogP contribution in [0.4, 0.5) is 19.1 Å².